The number of rotatable bonds is 4. The van der Waals surface area contributed by atoms with Crippen LogP contribution in [-0.4, -0.2) is 17.1 Å². The molecular weight excluding hydrogens is 232 g/mol. The van der Waals surface area contributed by atoms with E-state index in [1.54, 1.807) is 0 Å². The van der Waals surface area contributed by atoms with Gasteiger partial charge in [0.2, 0.25) is 0 Å². The minimum atomic E-state index is 0.150. The number of nitrogens with zero attached hydrogens (tertiary/aromatic N) is 1. The van der Waals surface area contributed by atoms with Gasteiger partial charge in [0.25, 0.3) is 0 Å². The number of hydrogen-bond donors (Lipinski definition) is 1. The molecule has 1 aromatic rings. The number of pyridine rings is 1. The van der Waals surface area contributed by atoms with E-state index >= 15 is 0 Å². The Morgan fingerprint density at radius 2 is 2.00 bits per heavy atom. The van der Waals surface area contributed by atoms with Crippen LogP contribution in [0.4, 0.5) is 0 Å². The lowest BCUT2D eigenvalue weighted by atomic mass is 9.76. The lowest BCUT2D eigenvalue weighted by Gasteiger charge is -2.37. The highest BCUT2D eigenvalue weighted by Gasteiger charge is 2.29. The third-order valence-electron chi connectivity index (χ3n) is 3.92. The molecule has 0 amide bonds. The molecule has 0 aliphatic heterocycles. The predicted molar refractivity (Wildman–Crippen MR) is 81.4 cm³/mol. The molecule has 2 heteroatoms. The summed E-state index contributed by atoms with van der Waals surface area (Å²) in [4.78, 5) is 4.50. The summed E-state index contributed by atoms with van der Waals surface area (Å²) >= 11 is 0. The molecule has 0 aromatic carbocycles. The van der Waals surface area contributed by atoms with Crippen molar-refractivity contribution in [1.82, 2.24) is 10.3 Å². The van der Waals surface area contributed by atoms with Crippen molar-refractivity contribution in [2.45, 2.75) is 71.4 Å². The second-order valence-electron chi connectivity index (χ2n) is 7.36. The summed E-state index contributed by atoms with van der Waals surface area (Å²) < 4.78 is 0. The second-order valence-corrected chi connectivity index (χ2v) is 7.36. The van der Waals surface area contributed by atoms with Crippen LogP contribution in [0.15, 0.2) is 18.3 Å². The zero-order chi connectivity index (χ0) is 14.0. The average Bonchev–Trinajstić information content (AvgIpc) is 2.25. The zero-order valence-corrected chi connectivity index (χ0v) is 13.0. The highest BCUT2D eigenvalue weighted by atomic mass is 15.0. The van der Waals surface area contributed by atoms with Crippen LogP contribution in [0.3, 0.4) is 0 Å². The van der Waals surface area contributed by atoms with Crippen LogP contribution in [-0.2, 0) is 11.8 Å². The van der Waals surface area contributed by atoms with Gasteiger partial charge in [-0.1, -0.05) is 34.6 Å². The molecule has 2 rings (SSSR count). The summed E-state index contributed by atoms with van der Waals surface area (Å²) in [6, 6.07) is 5.83. The molecule has 2 nitrogen and oxygen atoms in total. The van der Waals surface area contributed by atoms with Gasteiger partial charge in [-0.05, 0) is 42.9 Å². The van der Waals surface area contributed by atoms with Crippen molar-refractivity contribution in [2.24, 2.45) is 5.92 Å². The first kappa shape index (κ1) is 14.5. The van der Waals surface area contributed by atoms with Crippen molar-refractivity contribution in [1.29, 1.82) is 0 Å². The summed E-state index contributed by atoms with van der Waals surface area (Å²) in [5.41, 5.74) is 2.81. The van der Waals surface area contributed by atoms with E-state index in [0.717, 1.165) is 12.0 Å². The lowest BCUT2D eigenvalue weighted by Crippen LogP contribution is -2.44. The van der Waals surface area contributed by atoms with Crippen molar-refractivity contribution in [3.63, 3.8) is 0 Å². The van der Waals surface area contributed by atoms with Crippen LogP contribution in [0.25, 0.3) is 0 Å². The Morgan fingerprint density at radius 1 is 1.32 bits per heavy atom. The highest BCUT2D eigenvalue weighted by Crippen LogP contribution is 2.31. The van der Waals surface area contributed by atoms with Gasteiger partial charge in [-0.25, -0.2) is 0 Å². The van der Waals surface area contributed by atoms with Crippen LogP contribution < -0.4 is 5.32 Å². The predicted octanol–water partition coefficient (Wildman–Crippen LogP) is 3.70. The van der Waals surface area contributed by atoms with E-state index in [0.29, 0.717) is 6.04 Å². The molecule has 19 heavy (non-hydrogen) atoms. The molecule has 0 saturated heterocycles. The van der Waals surface area contributed by atoms with Crippen molar-refractivity contribution >= 4 is 0 Å². The zero-order valence-electron chi connectivity index (χ0n) is 13.0. The van der Waals surface area contributed by atoms with Crippen LogP contribution in [0.2, 0.25) is 0 Å². The third kappa shape index (κ3) is 4.04. The molecule has 1 N–H and O–H groups in total. The first-order chi connectivity index (χ1) is 8.84. The van der Waals surface area contributed by atoms with Gasteiger partial charge in [-0.15, -0.1) is 0 Å². The second kappa shape index (κ2) is 5.62. The summed E-state index contributed by atoms with van der Waals surface area (Å²) in [7, 11) is 0. The molecule has 0 bridgehead atoms. The Kier molecular flexibility index (Phi) is 4.29. The molecule has 1 aliphatic carbocycles. The maximum Gasteiger partial charge on any atom is 0.0459 e. The standard InChI is InChI=1S/C17H28N2/c1-12(2)19-15-9-14(10-15)8-13-6-7-18-16(11-13)17(3,4)5/h6-7,11-12,14-15,19H,8-10H2,1-5H3. The van der Waals surface area contributed by atoms with E-state index in [1.165, 1.54) is 30.5 Å². The highest BCUT2D eigenvalue weighted by molar-refractivity contribution is 5.22. The molecule has 0 radical (unpaired) electrons. The van der Waals surface area contributed by atoms with Crippen LogP contribution in [0.5, 0.6) is 0 Å². The van der Waals surface area contributed by atoms with Gasteiger partial charge < -0.3 is 5.32 Å². The van der Waals surface area contributed by atoms with E-state index in [9.17, 15) is 0 Å². The van der Waals surface area contributed by atoms with E-state index in [1.807, 2.05) is 6.20 Å². The van der Waals surface area contributed by atoms with Crippen molar-refractivity contribution < 1.29 is 0 Å². The maximum atomic E-state index is 4.50. The van der Waals surface area contributed by atoms with Crippen LogP contribution in [0, 0.1) is 5.92 Å². The van der Waals surface area contributed by atoms with Crippen molar-refractivity contribution in [3.05, 3.63) is 29.6 Å². The fourth-order valence-electron chi connectivity index (χ4n) is 2.85. The molecule has 0 atom stereocenters. The molecule has 106 valence electrons. The van der Waals surface area contributed by atoms with Gasteiger partial charge in [0.05, 0.1) is 0 Å². The molecule has 1 fully saturated rings. The summed E-state index contributed by atoms with van der Waals surface area (Å²) in [6.45, 7) is 11.1. The van der Waals surface area contributed by atoms with Crippen LogP contribution in [0.1, 0.15) is 58.7 Å². The quantitative estimate of drug-likeness (QED) is 0.893. The molecule has 1 heterocycles. The normalized spacial score (nSPS) is 23.5. The first-order valence-corrected chi connectivity index (χ1v) is 7.56. The first-order valence-electron chi connectivity index (χ1n) is 7.56. The van der Waals surface area contributed by atoms with E-state index in [2.05, 4.69) is 57.1 Å². The maximum absolute atomic E-state index is 4.50. The monoisotopic (exact) mass is 260 g/mol. The van der Waals surface area contributed by atoms with Gasteiger partial charge in [0.15, 0.2) is 0 Å². The lowest BCUT2D eigenvalue weighted by molar-refractivity contribution is 0.211. The Balaban J connectivity index is 1.88. The molecule has 1 aliphatic rings. The SMILES string of the molecule is CC(C)NC1CC(Cc2ccnc(C(C)(C)C)c2)C1. The minimum absolute atomic E-state index is 0.150. The van der Waals surface area contributed by atoms with E-state index in [4.69, 9.17) is 0 Å². The summed E-state index contributed by atoms with van der Waals surface area (Å²) in [5, 5.41) is 3.62. The third-order valence-corrected chi connectivity index (χ3v) is 3.92. The smallest absolute Gasteiger partial charge is 0.0459 e. The summed E-state index contributed by atoms with van der Waals surface area (Å²) in [5.74, 6) is 0.853. The van der Waals surface area contributed by atoms with Gasteiger partial charge in [0.1, 0.15) is 0 Å². The Hall–Kier alpha value is -0.890. The van der Waals surface area contributed by atoms with Crippen molar-refractivity contribution in [3.8, 4) is 0 Å². The van der Waals surface area contributed by atoms with Crippen LogP contribution >= 0.6 is 0 Å². The number of hydrogen-bond acceptors (Lipinski definition) is 2. The van der Waals surface area contributed by atoms with E-state index in [-0.39, 0.29) is 5.41 Å². The fourth-order valence-corrected chi connectivity index (χ4v) is 2.85. The largest absolute Gasteiger partial charge is 0.312 e. The molecular formula is C17H28N2. The van der Waals surface area contributed by atoms with E-state index < -0.39 is 0 Å². The number of aromatic nitrogens is 1. The van der Waals surface area contributed by atoms with Gasteiger partial charge in [-0.3, -0.25) is 4.98 Å². The van der Waals surface area contributed by atoms with Gasteiger partial charge in [0, 0.05) is 29.4 Å². The molecule has 0 unspecified atom stereocenters. The topological polar surface area (TPSA) is 24.9 Å². The fraction of sp³-hybridized carbons (Fsp3) is 0.706. The minimum Gasteiger partial charge on any atom is -0.312 e. The Labute approximate surface area is 118 Å². The van der Waals surface area contributed by atoms with Crippen molar-refractivity contribution in [2.75, 3.05) is 0 Å². The Bertz CT molecular complexity index is 412. The molecule has 0 spiro atoms. The number of nitrogens with one attached hydrogen (secondary N) is 1. The summed E-state index contributed by atoms with van der Waals surface area (Å²) in [6.07, 6.45) is 5.83. The Morgan fingerprint density at radius 3 is 2.58 bits per heavy atom. The average molecular weight is 260 g/mol. The van der Waals surface area contributed by atoms with Gasteiger partial charge in [-0.2, -0.15) is 0 Å². The van der Waals surface area contributed by atoms with Gasteiger partial charge >= 0.3 is 0 Å². The molecule has 1 aromatic heterocycles. The molecule has 1 saturated carbocycles.